The van der Waals surface area contributed by atoms with Crippen molar-refractivity contribution < 1.29 is 0 Å². The van der Waals surface area contributed by atoms with E-state index in [9.17, 15) is 0 Å². The van der Waals surface area contributed by atoms with Crippen LogP contribution in [0.15, 0.2) is 73.3 Å². The average molecular weight is 517 g/mol. The first-order chi connectivity index (χ1) is 17.7. The second kappa shape index (κ2) is 9.72. The van der Waals surface area contributed by atoms with Crippen LogP contribution < -0.4 is 10.2 Å². The van der Waals surface area contributed by atoms with Gasteiger partial charge in [0.15, 0.2) is 17.0 Å². The first kappa shape index (κ1) is 22.7. The fourth-order valence-electron chi connectivity index (χ4n) is 4.56. The third-order valence-corrected chi connectivity index (χ3v) is 6.90. The molecule has 0 saturated carbocycles. The summed E-state index contributed by atoms with van der Waals surface area (Å²) in [6, 6.07) is 17.4. The molecule has 0 unspecified atom stereocenters. The molecule has 1 aliphatic rings. The van der Waals surface area contributed by atoms with Crippen molar-refractivity contribution in [3.05, 3.63) is 83.4 Å². The molecule has 2 aromatic carbocycles. The first-order valence-electron chi connectivity index (χ1n) is 11.7. The Bertz CT molecular complexity index is 1500. The van der Waals surface area contributed by atoms with E-state index < -0.39 is 0 Å². The molecule has 0 aliphatic carbocycles. The average Bonchev–Trinajstić information content (AvgIpc) is 3.30. The number of halogens is 2. The summed E-state index contributed by atoms with van der Waals surface area (Å²) in [5.41, 5.74) is 3.17. The molecule has 0 radical (unpaired) electrons. The van der Waals surface area contributed by atoms with Crippen molar-refractivity contribution in [2.24, 2.45) is 0 Å². The minimum absolute atomic E-state index is 0.297. The van der Waals surface area contributed by atoms with Crippen molar-refractivity contribution in [1.29, 1.82) is 0 Å². The molecule has 10 heteroatoms. The lowest BCUT2D eigenvalue weighted by molar-refractivity contribution is 0.521. The van der Waals surface area contributed by atoms with E-state index in [1.54, 1.807) is 18.7 Å². The number of hydrogen-bond acceptors (Lipinski definition) is 7. The third kappa shape index (κ3) is 4.34. The molecule has 1 N–H and O–H groups in total. The van der Waals surface area contributed by atoms with E-state index in [-0.39, 0.29) is 0 Å². The highest BCUT2D eigenvalue weighted by Crippen LogP contribution is 2.35. The van der Waals surface area contributed by atoms with Crippen molar-refractivity contribution in [1.82, 2.24) is 29.5 Å². The Kier molecular flexibility index (Phi) is 6.13. The number of rotatable bonds is 5. The van der Waals surface area contributed by atoms with E-state index >= 15 is 0 Å². The van der Waals surface area contributed by atoms with Gasteiger partial charge < -0.3 is 10.2 Å². The maximum Gasteiger partial charge on any atom is 0.222 e. The monoisotopic (exact) mass is 516 g/mol. The maximum absolute atomic E-state index is 6.60. The van der Waals surface area contributed by atoms with E-state index in [1.807, 2.05) is 59.2 Å². The molecule has 36 heavy (non-hydrogen) atoms. The smallest absolute Gasteiger partial charge is 0.222 e. The maximum atomic E-state index is 6.60. The Hall–Kier alpha value is -3.75. The molecule has 5 aromatic rings. The lowest BCUT2D eigenvalue weighted by Gasteiger charge is -2.33. The summed E-state index contributed by atoms with van der Waals surface area (Å²) in [6.07, 6.45) is 6.95. The molecule has 0 spiro atoms. The van der Waals surface area contributed by atoms with Crippen LogP contribution in [0.1, 0.15) is 12.8 Å². The van der Waals surface area contributed by atoms with Gasteiger partial charge in [0.05, 0.1) is 5.02 Å². The second-order valence-corrected chi connectivity index (χ2v) is 9.42. The molecule has 3 aromatic heterocycles. The van der Waals surface area contributed by atoms with E-state index in [1.165, 1.54) is 0 Å². The third-order valence-electron chi connectivity index (χ3n) is 6.32. The van der Waals surface area contributed by atoms with Crippen LogP contribution in [0.5, 0.6) is 0 Å². The summed E-state index contributed by atoms with van der Waals surface area (Å²) < 4.78 is 2.01. The highest BCUT2D eigenvalue weighted by molar-refractivity contribution is 6.33. The normalized spacial score (nSPS) is 14.3. The molecule has 4 heterocycles. The van der Waals surface area contributed by atoms with E-state index in [2.05, 4.69) is 30.2 Å². The highest BCUT2D eigenvalue weighted by Gasteiger charge is 2.26. The molecule has 1 aliphatic heterocycles. The Morgan fingerprint density at radius 1 is 0.833 bits per heavy atom. The molecular weight excluding hydrogens is 495 g/mol. The number of fused-ring (bicyclic) bond motifs is 1. The topological polar surface area (TPSA) is 84.7 Å². The molecule has 1 saturated heterocycles. The predicted molar refractivity (Wildman–Crippen MR) is 143 cm³/mol. The molecule has 1 fully saturated rings. The van der Waals surface area contributed by atoms with Gasteiger partial charge in [0.25, 0.3) is 0 Å². The number of nitrogens with zero attached hydrogens (tertiary/aromatic N) is 7. The van der Waals surface area contributed by atoms with Gasteiger partial charge >= 0.3 is 0 Å². The Morgan fingerprint density at radius 2 is 1.58 bits per heavy atom. The second-order valence-electron chi connectivity index (χ2n) is 8.57. The summed E-state index contributed by atoms with van der Waals surface area (Å²) in [6.45, 7) is 1.65. The van der Waals surface area contributed by atoms with Gasteiger partial charge in [-0.15, -0.1) is 0 Å². The van der Waals surface area contributed by atoms with Crippen molar-refractivity contribution in [2.45, 2.75) is 18.9 Å². The summed E-state index contributed by atoms with van der Waals surface area (Å²) in [4.78, 5) is 25.2. The zero-order valence-electron chi connectivity index (χ0n) is 19.2. The molecule has 0 amide bonds. The molecule has 180 valence electrons. The quantitative estimate of drug-likeness (QED) is 0.322. The summed E-state index contributed by atoms with van der Waals surface area (Å²) >= 11 is 12.8. The number of hydrogen-bond donors (Lipinski definition) is 1. The van der Waals surface area contributed by atoms with Crippen LogP contribution in [0.2, 0.25) is 10.0 Å². The summed E-state index contributed by atoms with van der Waals surface area (Å²) in [5, 5.41) is 4.71. The molecule has 0 bridgehead atoms. The van der Waals surface area contributed by atoms with Crippen LogP contribution in [0.3, 0.4) is 0 Å². The zero-order chi connectivity index (χ0) is 24.5. The number of aromatic nitrogens is 6. The van der Waals surface area contributed by atoms with Gasteiger partial charge in [-0.2, -0.15) is 0 Å². The lowest BCUT2D eigenvalue weighted by Crippen LogP contribution is -2.40. The van der Waals surface area contributed by atoms with Gasteiger partial charge in [-0.25, -0.2) is 24.9 Å². The summed E-state index contributed by atoms with van der Waals surface area (Å²) in [5.74, 6) is 2.18. The zero-order valence-corrected chi connectivity index (χ0v) is 20.7. The van der Waals surface area contributed by atoms with Crippen LogP contribution in [-0.4, -0.2) is 48.6 Å². The van der Waals surface area contributed by atoms with Gasteiger partial charge in [-0.1, -0.05) is 35.3 Å². The van der Waals surface area contributed by atoms with Crippen LogP contribution in [-0.2, 0) is 0 Å². The number of anilines is 2. The molecule has 6 rings (SSSR count). The van der Waals surface area contributed by atoms with E-state index in [0.29, 0.717) is 27.9 Å². The Balaban J connectivity index is 1.38. The standard InChI is InChI=1S/C26H22Cl2N8/c27-17-6-8-19(9-7-17)36-23(20-4-1-2-5-21(20)28)34-22-24(31-16-32-25(22)36)35-14-10-18(11-15-35)33-26-29-12-3-13-30-26/h1-9,12-13,16,18H,10-11,14-15H2,(H,29,30,33). The highest BCUT2D eigenvalue weighted by atomic mass is 35.5. The van der Waals surface area contributed by atoms with Gasteiger partial charge in [0, 0.05) is 47.8 Å². The van der Waals surface area contributed by atoms with Gasteiger partial charge in [-0.05, 0) is 55.3 Å². The largest absolute Gasteiger partial charge is 0.355 e. The molecule has 0 atom stereocenters. The number of piperidine rings is 1. The van der Waals surface area contributed by atoms with Crippen molar-refractivity contribution in [3.63, 3.8) is 0 Å². The number of imidazole rings is 1. The SMILES string of the molecule is Clc1ccc(-n2c(-c3ccccc3Cl)nc3c(N4CCC(Nc5ncccn5)CC4)ncnc32)cc1. The van der Waals surface area contributed by atoms with Crippen molar-refractivity contribution in [3.8, 4) is 17.1 Å². The van der Waals surface area contributed by atoms with Crippen molar-refractivity contribution in [2.75, 3.05) is 23.3 Å². The minimum atomic E-state index is 0.297. The Morgan fingerprint density at radius 3 is 2.33 bits per heavy atom. The number of nitrogens with one attached hydrogen (secondary N) is 1. The fourth-order valence-corrected chi connectivity index (χ4v) is 4.91. The van der Waals surface area contributed by atoms with Gasteiger partial charge in [0.1, 0.15) is 12.2 Å². The van der Waals surface area contributed by atoms with Crippen LogP contribution in [0, 0.1) is 0 Å². The minimum Gasteiger partial charge on any atom is -0.355 e. The lowest BCUT2D eigenvalue weighted by atomic mass is 10.1. The van der Waals surface area contributed by atoms with Crippen LogP contribution >= 0.6 is 23.2 Å². The first-order valence-corrected chi connectivity index (χ1v) is 12.5. The molecular formula is C26H22Cl2N8. The number of benzene rings is 2. The summed E-state index contributed by atoms with van der Waals surface area (Å²) in [7, 11) is 0. The van der Waals surface area contributed by atoms with E-state index in [4.69, 9.17) is 28.2 Å². The Labute approximate surface area is 218 Å². The predicted octanol–water partition coefficient (Wildman–Crippen LogP) is 5.66. The van der Waals surface area contributed by atoms with Gasteiger partial charge in [-0.3, -0.25) is 4.57 Å². The molecule has 8 nitrogen and oxygen atoms in total. The fraction of sp³-hybridized carbons (Fsp3) is 0.192. The van der Waals surface area contributed by atoms with Crippen molar-refractivity contribution >= 4 is 46.1 Å². The van der Waals surface area contributed by atoms with Gasteiger partial charge in [0.2, 0.25) is 5.95 Å². The van der Waals surface area contributed by atoms with E-state index in [0.717, 1.165) is 54.2 Å². The van der Waals surface area contributed by atoms with Crippen LogP contribution in [0.25, 0.3) is 28.2 Å². The van der Waals surface area contributed by atoms with Crippen LogP contribution in [0.4, 0.5) is 11.8 Å².